The molecule has 4 rings (SSSR count). The van der Waals surface area contributed by atoms with E-state index in [0.717, 1.165) is 45.3 Å². The Kier molecular flexibility index (Phi) is 4.75. The van der Waals surface area contributed by atoms with Crippen LogP contribution in [0, 0.1) is 25.2 Å². The molecule has 3 aliphatic rings. The molecule has 3 fully saturated rings. The SMILES string of the molecule is Cc1cc(C)cc(CN2CCC3(CC2)C[C@H](C(=O)O)N(C(=O)C2CC2)C3)c1. The van der Waals surface area contributed by atoms with Gasteiger partial charge in [-0.1, -0.05) is 29.3 Å². The van der Waals surface area contributed by atoms with E-state index in [2.05, 4.69) is 36.9 Å². The third kappa shape index (κ3) is 3.88. The van der Waals surface area contributed by atoms with Crippen molar-refractivity contribution in [2.75, 3.05) is 19.6 Å². The van der Waals surface area contributed by atoms with Gasteiger partial charge in [-0.05, 0) is 70.0 Å². The average molecular weight is 370 g/mol. The predicted molar refractivity (Wildman–Crippen MR) is 103 cm³/mol. The van der Waals surface area contributed by atoms with Gasteiger partial charge in [0, 0.05) is 19.0 Å². The maximum absolute atomic E-state index is 12.6. The normalized spacial score (nSPS) is 25.1. The van der Waals surface area contributed by atoms with Crippen molar-refractivity contribution in [1.82, 2.24) is 9.80 Å². The van der Waals surface area contributed by atoms with E-state index in [9.17, 15) is 14.7 Å². The minimum absolute atomic E-state index is 0.00731. The van der Waals surface area contributed by atoms with Crippen molar-refractivity contribution in [2.45, 2.75) is 58.5 Å². The van der Waals surface area contributed by atoms with E-state index in [1.807, 2.05) is 0 Å². The number of amides is 1. The summed E-state index contributed by atoms with van der Waals surface area (Å²) in [6.07, 6.45) is 4.45. The maximum Gasteiger partial charge on any atom is 0.326 e. The second-order valence-electron chi connectivity index (χ2n) is 9.07. The second-order valence-corrected chi connectivity index (χ2v) is 9.07. The summed E-state index contributed by atoms with van der Waals surface area (Å²) in [5.74, 6) is -0.665. The Bertz CT molecular complexity index is 728. The zero-order valence-electron chi connectivity index (χ0n) is 16.4. The van der Waals surface area contributed by atoms with Crippen LogP contribution in [0.5, 0.6) is 0 Å². The number of carboxylic acids is 1. The Morgan fingerprint density at radius 3 is 2.30 bits per heavy atom. The van der Waals surface area contributed by atoms with Crippen molar-refractivity contribution in [3.8, 4) is 0 Å². The second kappa shape index (κ2) is 6.93. The number of carbonyl (C=O) groups excluding carboxylic acids is 1. The molecule has 146 valence electrons. The van der Waals surface area contributed by atoms with Crippen LogP contribution in [0.15, 0.2) is 18.2 Å². The number of rotatable bonds is 4. The Morgan fingerprint density at radius 2 is 1.74 bits per heavy atom. The molecule has 1 spiro atoms. The third-order valence-electron chi connectivity index (χ3n) is 6.61. The minimum Gasteiger partial charge on any atom is -0.480 e. The molecule has 1 aromatic rings. The van der Waals surface area contributed by atoms with E-state index in [4.69, 9.17) is 0 Å². The first-order chi connectivity index (χ1) is 12.8. The molecule has 1 aromatic carbocycles. The fraction of sp³-hybridized carbons (Fsp3) is 0.636. The molecule has 1 N–H and O–H groups in total. The van der Waals surface area contributed by atoms with Crippen LogP contribution in [-0.4, -0.2) is 52.5 Å². The van der Waals surface area contributed by atoms with Gasteiger partial charge >= 0.3 is 5.97 Å². The van der Waals surface area contributed by atoms with Crippen molar-refractivity contribution >= 4 is 11.9 Å². The lowest BCUT2D eigenvalue weighted by Gasteiger charge is -2.39. The summed E-state index contributed by atoms with van der Waals surface area (Å²) < 4.78 is 0. The first kappa shape index (κ1) is 18.5. The molecule has 2 saturated heterocycles. The summed E-state index contributed by atoms with van der Waals surface area (Å²) in [4.78, 5) is 28.5. The van der Waals surface area contributed by atoms with E-state index in [-0.39, 0.29) is 17.2 Å². The van der Waals surface area contributed by atoms with E-state index in [0.29, 0.717) is 13.0 Å². The molecular weight excluding hydrogens is 340 g/mol. The number of aryl methyl sites for hydroxylation is 2. The van der Waals surface area contributed by atoms with Crippen LogP contribution < -0.4 is 0 Å². The highest BCUT2D eigenvalue weighted by Crippen LogP contribution is 2.45. The summed E-state index contributed by atoms with van der Waals surface area (Å²) in [6, 6.07) is 6.08. The summed E-state index contributed by atoms with van der Waals surface area (Å²) in [5.41, 5.74) is 3.94. The van der Waals surface area contributed by atoms with Crippen molar-refractivity contribution in [3.63, 3.8) is 0 Å². The lowest BCUT2D eigenvalue weighted by atomic mass is 9.76. The Morgan fingerprint density at radius 1 is 1.11 bits per heavy atom. The van der Waals surface area contributed by atoms with Crippen molar-refractivity contribution in [1.29, 1.82) is 0 Å². The predicted octanol–water partition coefficient (Wildman–Crippen LogP) is 2.98. The highest BCUT2D eigenvalue weighted by molar-refractivity contribution is 5.87. The van der Waals surface area contributed by atoms with Gasteiger partial charge in [-0.2, -0.15) is 0 Å². The van der Waals surface area contributed by atoms with Crippen LogP contribution in [0.25, 0.3) is 0 Å². The fourth-order valence-corrected chi connectivity index (χ4v) is 5.04. The molecule has 0 bridgehead atoms. The number of hydrogen-bond acceptors (Lipinski definition) is 3. The molecular formula is C22H30N2O3. The number of piperidine rings is 1. The quantitative estimate of drug-likeness (QED) is 0.885. The van der Waals surface area contributed by atoms with Gasteiger partial charge in [0.25, 0.3) is 0 Å². The van der Waals surface area contributed by atoms with E-state index in [1.165, 1.54) is 16.7 Å². The van der Waals surface area contributed by atoms with Crippen LogP contribution in [-0.2, 0) is 16.1 Å². The topological polar surface area (TPSA) is 60.9 Å². The molecule has 1 atom stereocenters. The molecule has 0 unspecified atom stereocenters. The number of benzene rings is 1. The van der Waals surface area contributed by atoms with Crippen LogP contribution in [0.4, 0.5) is 0 Å². The molecule has 1 aliphatic carbocycles. The van der Waals surface area contributed by atoms with Crippen LogP contribution in [0.3, 0.4) is 0 Å². The van der Waals surface area contributed by atoms with Gasteiger partial charge in [0.15, 0.2) is 0 Å². The molecule has 1 saturated carbocycles. The van der Waals surface area contributed by atoms with Gasteiger partial charge in [-0.3, -0.25) is 9.69 Å². The lowest BCUT2D eigenvalue weighted by Crippen LogP contribution is -2.43. The molecule has 2 aliphatic heterocycles. The van der Waals surface area contributed by atoms with Crippen molar-refractivity contribution in [2.24, 2.45) is 11.3 Å². The summed E-state index contributed by atoms with van der Waals surface area (Å²) in [6.45, 7) is 7.81. The minimum atomic E-state index is -0.835. The van der Waals surface area contributed by atoms with E-state index in [1.54, 1.807) is 4.90 Å². The zero-order valence-corrected chi connectivity index (χ0v) is 16.4. The van der Waals surface area contributed by atoms with Crippen LogP contribution in [0.2, 0.25) is 0 Å². The molecule has 1 amide bonds. The molecule has 0 radical (unpaired) electrons. The van der Waals surface area contributed by atoms with Crippen LogP contribution in [0.1, 0.15) is 48.8 Å². The number of aliphatic carboxylic acids is 1. The highest BCUT2D eigenvalue weighted by Gasteiger charge is 2.51. The maximum atomic E-state index is 12.6. The summed E-state index contributed by atoms with van der Waals surface area (Å²) in [5, 5.41) is 9.64. The fourth-order valence-electron chi connectivity index (χ4n) is 5.04. The van der Waals surface area contributed by atoms with Crippen molar-refractivity contribution < 1.29 is 14.7 Å². The van der Waals surface area contributed by atoms with Gasteiger partial charge < -0.3 is 10.0 Å². The Balaban J connectivity index is 1.40. The smallest absolute Gasteiger partial charge is 0.326 e. The molecule has 2 heterocycles. The highest BCUT2D eigenvalue weighted by atomic mass is 16.4. The van der Waals surface area contributed by atoms with Gasteiger partial charge in [0.1, 0.15) is 6.04 Å². The molecule has 0 aromatic heterocycles. The van der Waals surface area contributed by atoms with Gasteiger partial charge in [0.05, 0.1) is 0 Å². The Labute approximate surface area is 161 Å². The van der Waals surface area contributed by atoms with Gasteiger partial charge in [0.2, 0.25) is 5.91 Å². The van der Waals surface area contributed by atoms with Gasteiger partial charge in [-0.25, -0.2) is 4.79 Å². The summed E-state index contributed by atoms with van der Waals surface area (Å²) in [7, 11) is 0. The number of likely N-dealkylation sites (tertiary alicyclic amines) is 2. The average Bonchev–Trinajstić information content (AvgIpc) is 3.38. The molecule has 5 heteroatoms. The lowest BCUT2D eigenvalue weighted by molar-refractivity contribution is -0.148. The first-order valence-electron chi connectivity index (χ1n) is 10.2. The van der Waals surface area contributed by atoms with E-state index < -0.39 is 12.0 Å². The first-order valence-corrected chi connectivity index (χ1v) is 10.2. The standard InChI is InChI=1S/C22H30N2O3/c1-15-9-16(2)11-17(10-15)13-23-7-5-22(6-8-23)12-19(21(26)27)24(14-22)20(25)18-3-4-18/h9-11,18-19H,3-8,12-14H2,1-2H3,(H,26,27)/t19-/m1/s1. The summed E-state index contributed by atoms with van der Waals surface area (Å²) >= 11 is 0. The van der Waals surface area contributed by atoms with Crippen LogP contribution >= 0.6 is 0 Å². The Hall–Kier alpha value is -1.88. The zero-order chi connectivity index (χ0) is 19.2. The number of carboxylic acid groups (broad SMARTS) is 1. The monoisotopic (exact) mass is 370 g/mol. The number of nitrogens with zero attached hydrogens (tertiary/aromatic N) is 2. The van der Waals surface area contributed by atoms with Crippen molar-refractivity contribution in [3.05, 3.63) is 34.9 Å². The molecule has 27 heavy (non-hydrogen) atoms. The third-order valence-corrected chi connectivity index (χ3v) is 6.61. The van der Waals surface area contributed by atoms with Gasteiger partial charge in [-0.15, -0.1) is 0 Å². The molecule has 5 nitrogen and oxygen atoms in total. The van der Waals surface area contributed by atoms with E-state index >= 15 is 0 Å². The number of carbonyl (C=O) groups is 2. The number of hydrogen-bond donors (Lipinski definition) is 1. The largest absolute Gasteiger partial charge is 0.480 e.